The summed E-state index contributed by atoms with van der Waals surface area (Å²) in [6.45, 7) is 4.26. The fourth-order valence-corrected chi connectivity index (χ4v) is 5.68. The highest BCUT2D eigenvalue weighted by Gasteiger charge is 2.70. The average Bonchev–Trinajstić information content (AvgIpc) is 3.30. The number of rotatable bonds is 4. The van der Waals surface area contributed by atoms with E-state index in [1.54, 1.807) is 6.07 Å². The van der Waals surface area contributed by atoms with Gasteiger partial charge in [0.05, 0.1) is 18.4 Å². The zero-order valence-electron chi connectivity index (χ0n) is 17.4. The van der Waals surface area contributed by atoms with Crippen LogP contribution < -0.4 is 10.6 Å². The lowest BCUT2D eigenvalue weighted by Gasteiger charge is -2.30. The van der Waals surface area contributed by atoms with E-state index in [0.717, 1.165) is 5.56 Å². The SMILES string of the molecule is CC(C)C[C@H]1N[C@]2(C(=O)Nc3ccccc32)[C@@H]2C(=O)N(Cc3ccccc3Cl)C(=O)[C@H]21. The van der Waals surface area contributed by atoms with Gasteiger partial charge < -0.3 is 5.32 Å². The molecule has 2 fully saturated rings. The molecule has 6 nitrogen and oxygen atoms in total. The maximum atomic E-state index is 13.7. The summed E-state index contributed by atoms with van der Waals surface area (Å²) in [7, 11) is 0. The van der Waals surface area contributed by atoms with Gasteiger partial charge in [0, 0.05) is 22.3 Å². The van der Waals surface area contributed by atoms with E-state index in [1.165, 1.54) is 4.90 Å². The molecule has 0 radical (unpaired) electrons. The Morgan fingerprint density at radius 3 is 2.48 bits per heavy atom. The molecule has 0 aromatic heterocycles. The second kappa shape index (κ2) is 7.18. The third-order valence-corrected chi connectivity index (χ3v) is 7.09. The number of nitrogens with one attached hydrogen (secondary N) is 2. The number of hydrogen-bond acceptors (Lipinski definition) is 4. The van der Waals surface area contributed by atoms with Crippen LogP contribution in [0, 0.1) is 17.8 Å². The maximum Gasteiger partial charge on any atom is 0.250 e. The van der Waals surface area contributed by atoms with Gasteiger partial charge in [0.25, 0.3) is 0 Å². The van der Waals surface area contributed by atoms with Crippen LogP contribution in [0.5, 0.6) is 0 Å². The molecule has 2 aromatic rings. The maximum absolute atomic E-state index is 13.7. The van der Waals surface area contributed by atoms with Gasteiger partial charge in [-0.2, -0.15) is 0 Å². The molecule has 0 unspecified atom stereocenters. The minimum atomic E-state index is -1.23. The number of halogens is 1. The van der Waals surface area contributed by atoms with Crippen LogP contribution in [0.2, 0.25) is 5.02 Å². The first-order chi connectivity index (χ1) is 14.8. The molecular weight excluding hydrogens is 414 g/mol. The third-order valence-electron chi connectivity index (χ3n) is 6.73. The highest BCUT2D eigenvalue weighted by atomic mass is 35.5. The minimum absolute atomic E-state index is 0.109. The Bertz CT molecular complexity index is 1100. The number of carbonyl (C=O) groups is 3. The van der Waals surface area contributed by atoms with Gasteiger partial charge in [0.2, 0.25) is 17.7 Å². The number of anilines is 1. The van der Waals surface area contributed by atoms with Crippen molar-refractivity contribution < 1.29 is 14.4 Å². The Kier molecular flexibility index (Phi) is 4.68. The fraction of sp³-hybridized carbons (Fsp3) is 0.375. The van der Waals surface area contributed by atoms with Crippen molar-refractivity contribution in [2.75, 3.05) is 5.32 Å². The first-order valence-electron chi connectivity index (χ1n) is 10.6. The number of fused-ring (bicyclic) bond motifs is 4. The summed E-state index contributed by atoms with van der Waals surface area (Å²) >= 11 is 6.30. The van der Waals surface area contributed by atoms with Crippen LogP contribution in [0.15, 0.2) is 48.5 Å². The summed E-state index contributed by atoms with van der Waals surface area (Å²) in [5.41, 5.74) is 0.906. The Balaban J connectivity index is 1.60. The van der Waals surface area contributed by atoms with Crippen LogP contribution in [-0.4, -0.2) is 28.7 Å². The average molecular weight is 438 g/mol. The van der Waals surface area contributed by atoms with Gasteiger partial charge in [-0.3, -0.25) is 24.6 Å². The van der Waals surface area contributed by atoms with Crippen LogP contribution in [0.25, 0.3) is 0 Å². The molecule has 4 atom stereocenters. The van der Waals surface area contributed by atoms with Crippen molar-refractivity contribution >= 4 is 35.0 Å². The number of para-hydroxylation sites is 1. The number of hydrogen-bond donors (Lipinski definition) is 2. The first kappa shape index (κ1) is 20.2. The van der Waals surface area contributed by atoms with Crippen LogP contribution in [0.4, 0.5) is 5.69 Å². The lowest BCUT2D eigenvalue weighted by molar-refractivity contribution is -0.143. The Labute approximate surface area is 185 Å². The molecule has 2 N–H and O–H groups in total. The molecule has 3 heterocycles. The van der Waals surface area contributed by atoms with Crippen molar-refractivity contribution in [3.8, 4) is 0 Å². The zero-order chi connectivity index (χ0) is 21.9. The molecule has 5 rings (SSSR count). The van der Waals surface area contributed by atoms with Gasteiger partial charge in [0.15, 0.2) is 0 Å². The second-order valence-electron chi connectivity index (χ2n) is 9.05. The van der Waals surface area contributed by atoms with Crippen molar-refractivity contribution in [1.29, 1.82) is 0 Å². The van der Waals surface area contributed by atoms with Crippen molar-refractivity contribution in [2.45, 2.75) is 38.4 Å². The highest BCUT2D eigenvalue weighted by molar-refractivity contribution is 6.31. The van der Waals surface area contributed by atoms with Crippen LogP contribution in [0.3, 0.4) is 0 Å². The number of carbonyl (C=O) groups excluding carboxylic acids is 3. The van der Waals surface area contributed by atoms with Crippen molar-refractivity contribution in [3.63, 3.8) is 0 Å². The van der Waals surface area contributed by atoms with Crippen molar-refractivity contribution in [2.24, 2.45) is 17.8 Å². The molecule has 3 aliphatic heterocycles. The minimum Gasteiger partial charge on any atom is -0.324 e. The molecule has 3 aliphatic rings. The molecule has 0 bridgehead atoms. The van der Waals surface area contributed by atoms with Crippen molar-refractivity contribution in [3.05, 3.63) is 64.7 Å². The predicted molar refractivity (Wildman–Crippen MR) is 117 cm³/mol. The van der Waals surface area contributed by atoms with Crippen LogP contribution in [0.1, 0.15) is 31.4 Å². The van der Waals surface area contributed by atoms with Gasteiger partial charge in [-0.1, -0.05) is 61.8 Å². The molecule has 2 aromatic carbocycles. The van der Waals surface area contributed by atoms with E-state index in [9.17, 15) is 14.4 Å². The molecule has 0 aliphatic carbocycles. The Morgan fingerprint density at radius 1 is 1.03 bits per heavy atom. The third kappa shape index (κ3) is 2.85. The monoisotopic (exact) mass is 437 g/mol. The lowest BCUT2D eigenvalue weighted by atomic mass is 9.76. The van der Waals surface area contributed by atoms with Crippen LogP contribution >= 0.6 is 11.6 Å². The highest BCUT2D eigenvalue weighted by Crippen LogP contribution is 2.53. The summed E-state index contributed by atoms with van der Waals surface area (Å²) in [5.74, 6) is -1.89. The standard InChI is InChI=1S/C24H24ClN3O3/c1-13(2)11-18-19-20(24(27-18)15-8-4-6-10-17(15)26-23(24)31)22(30)28(21(19)29)12-14-7-3-5-9-16(14)25/h3-10,13,18-20,27H,11-12H2,1-2H3,(H,26,31)/t18-,19+,20+,24+/m1/s1. The van der Waals surface area contributed by atoms with E-state index in [2.05, 4.69) is 24.5 Å². The summed E-state index contributed by atoms with van der Waals surface area (Å²) in [6.07, 6.45) is 0.692. The van der Waals surface area contributed by atoms with E-state index in [0.29, 0.717) is 28.6 Å². The molecule has 0 saturated carbocycles. The van der Waals surface area contributed by atoms with Gasteiger partial charge in [-0.05, 0) is 30.0 Å². The summed E-state index contributed by atoms with van der Waals surface area (Å²) < 4.78 is 0. The molecule has 31 heavy (non-hydrogen) atoms. The normalized spacial score (nSPS) is 29.1. The van der Waals surface area contributed by atoms with E-state index in [1.807, 2.05) is 42.5 Å². The largest absolute Gasteiger partial charge is 0.324 e. The molecule has 2 saturated heterocycles. The van der Waals surface area contributed by atoms with E-state index in [4.69, 9.17) is 11.6 Å². The van der Waals surface area contributed by atoms with E-state index >= 15 is 0 Å². The number of nitrogens with zero attached hydrogens (tertiary/aromatic N) is 1. The Hall–Kier alpha value is -2.70. The Morgan fingerprint density at radius 2 is 1.74 bits per heavy atom. The smallest absolute Gasteiger partial charge is 0.250 e. The lowest BCUT2D eigenvalue weighted by Crippen LogP contribution is -2.53. The predicted octanol–water partition coefficient (Wildman–Crippen LogP) is 3.31. The molecule has 7 heteroatoms. The number of amides is 3. The summed E-state index contributed by atoms with van der Waals surface area (Å²) in [6, 6.07) is 14.3. The van der Waals surface area contributed by atoms with Gasteiger partial charge in [-0.25, -0.2) is 0 Å². The molecule has 1 spiro atoms. The van der Waals surface area contributed by atoms with Gasteiger partial charge >= 0.3 is 0 Å². The molecule has 3 amide bonds. The summed E-state index contributed by atoms with van der Waals surface area (Å²) in [5, 5.41) is 6.89. The quantitative estimate of drug-likeness (QED) is 0.719. The van der Waals surface area contributed by atoms with Crippen molar-refractivity contribution in [1.82, 2.24) is 10.2 Å². The summed E-state index contributed by atoms with van der Waals surface area (Å²) in [4.78, 5) is 41.9. The second-order valence-corrected chi connectivity index (χ2v) is 9.45. The molecular formula is C24H24ClN3O3. The van der Waals surface area contributed by atoms with Gasteiger partial charge in [0.1, 0.15) is 5.54 Å². The fourth-order valence-electron chi connectivity index (χ4n) is 5.48. The number of imide groups is 1. The van der Waals surface area contributed by atoms with Crippen LogP contribution in [-0.2, 0) is 26.5 Å². The topological polar surface area (TPSA) is 78.5 Å². The first-order valence-corrected chi connectivity index (χ1v) is 11.0. The van der Waals surface area contributed by atoms with E-state index < -0.39 is 17.4 Å². The molecule has 160 valence electrons. The zero-order valence-corrected chi connectivity index (χ0v) is 18.1. The number of benzene rings is 2. The van der Waals surface area contributed by atoms with E-state index in [-0.39, 0.29) is 30.3 Å². The van der Waals surface area contributed by atoms with Gasteiger partial charge in [-0.15, -0.1) is 0 Å². The number of likely N-dealkylation sites (tertiary alicyclic amines) is 1.